The molecule has 0 saturated carbocycles. The Bertz CT molecular complexity index is 227. The Morgan fingerprint density at radius 1 is 1.19 bits per heavy atom. The van der Waals surface area contributed by atoms with Gasteiger partial charge in [0.05, 0.1) is 0 Å². The topological polar surface area (TPSA) is 55.1 Å². The lowest BCUT2D eigenvalue weighted by Crippen LogP contribution is -2.48. The summed E-state index contributed by atoms with van der Waals surface area (Å²) < 4.78 is 0. The van der Waals surface area contributed by atoms with Gasteiger partial charge in [-0.25, -0.2) is 0 Å². The summed E-state index contributed by atoms with van der Waals surface area (Å²) in [6.07, 6.45) is 2.29. The van der Waals surface area contributed by atoms with E-state index in [1.807, 2.05) is 0 Å². The second-order valence-corrected chi connectivity index (χ2v) is 5.99. The van der Waals surface area contributed by atoms with E-state index in [1.54, 1.807) is 0 Å². The van der Waals surface area contributed by atoms with E-state index in [2.05, 4.69) is 46.9 Å². The molecule has 3 N–H and O–H groups in total. The molecule has 1 atom stereocenters. The minimum Gasteiger partial charge on any atom is -0.351 e. The molecule has 0 bridgehead atoms. The van der Waals surface area contributed by atoms with Crippen LogP contribution in [0.5, 0.6) is 0 Å². The molecule has 3 heteroatoms. The highest BCUT2D eigenvalue weighted by Crippen LogP contribution is 2.20. The summed E-state index contributed by atoms with van der Waals surface area (Å²) in [4.78, 5) is 11.8. The van der Waals surface area contributed by atoms with Crippen LogP contribution in [-0.2, 0) is 4.79 Å². The van der Waals surface area contributed by atoms with Crippen molar-refractivity contribution in [1.29, 1.82) is 0 Å². The number of rotatable bonds is 5. The molecule has 0 aromatic carbocycles. The van der Waals surface area contributed by atoms with Crippen LogP contribution in [-0.4, -0.2) is 17.5 Å². The fourth-order valence-electron chi connectivity index (χ4n) is 1.32. The number of nitrogens with two attached hydrogens (primary N) is 1. The summed E-state index contributed by atoms with van der Waals surface area (Å²) in [5.41, 5.74) is 5.88. The normalized spacial score (nSPS) is 14.7. The van der Waals surface area contributed by atoms with E-state index in [1.165, 1.54) is 0 Å². The number of carbonyl (C=O) groups excluding carboxylic acids is 1. The number of amides is 1. The largest absolute Gasteiger partial charge is 0.351 e. The van der Waals surface area contributed by atoms with Crippen LogP contribution in [0, 0.1) is 5.41 Å². The summed E-state index contributed by atoms with van der Waals surface area (Å²) in [6, 6.07) is -0.0922. The van der Waals surface area contributed by atoms with Crippen LogP contribution in [0.4, 0.5) is 0 Å². The zero-order valence-electron chi connectivity index (χ0n) is 11.7. The van der Waals surface area contributed by atoms with E-state index in [-0.39, 0.29) is 22.9 Å². The molecule has 0 aromatic heterocycles. The zero-order chi connectivity index (χ0) is 13.0. The Kier molecular flexibility index (Phi) is 5.47. The van der Waals surface area contributed by atoms with Crippen molar-refractivity contribution < 1.29 is 4.79 Å². The molecule has 0 radical (unpaired) electrons. The minimum absolute atomic E-state index is 0.0217. The number of carbonyl (C=O) groups is 1. The molecule has 3 nitrogen and oxygen atoms in total. The maximum Gasteiger partial charge on any atom is 0.221 e. The average molecular weight is 228 g/mol. The van der Waals surface area contributed by atoms with Gasteiger partial charge < -0.3 is 11.1 Å². The Morgan fingerprint density at radius 3 is 1.94 bits per heavy atom. The van der Waals surface area contributed by atoms with Gasteiger partial charge in [0.1, 0.15) is 0 Å². The molecular formula is C13H28N2O. The van der Waals surface area contributed by atoms with Gasteiger partial charge in [-0.15, -0.1) is 0 Å². The average Bonchev–Trinajstić information content (AvgIpc) is 2.15. The Morgan fingerprint density at radius 2 is 1.62 bits per heavy atom. The fourth-order valence-corrected chi connectivity index (χ4v) is 1.32. The van der Waals surface area contributed by atoms with Crippen molar-refractivity contribution in [2.45, 2.75) is 72.4 Å². The van der Waals surface area contributed by atoms with Gasteiger partial charge in [-0.2, -0.15) is 0 Å². The van der Waals surface area contributed by atoms with E-state index in [0.29, 0.717) is 6.42 Å². The van der Waals surface area contributed by atoms with E-state index in [9.17, 15) is 4.79 Å². The summed E-state index contributed by atoms with van der Waals surface area (Å²) in [6.45, 7) is 12.4. The van der Waals surface area contributed by atoms with Crippen molar-refractivity contribution in [1.82, 2.24) is 5.32 Å². The van der Waals surface area contributed by atoms with Gasteiger partial charge in [-0.3, -0.25) is 4.79 Å². The molecule has 16 heavy (non-hydrogen) atoms. The summed E-state index contributed by atoms with van der Waals surface area (Å²) in [7, 11) is 0. The molecule has 0 rings (SSSR count). The van der Waals surface area contributed by atoms with E-state index in [4.69, 9.17) is 5.73 Å². The molecule has 0 aromatic rings. The molecule has 1 amide bonds. The number of hydrogen-bond donors (Lipinski definition) is 2. The van der Waals surface area contributed by atoms with Gasteiger partial charge >= 0.3 is 0 Å². The first-order chi connectivity index (χ1) is 7.14. The lowest BCUT2D eigenvalue weighted by molar-refractivity contribution is -0.123. The molecule has 0 aliphatic rings. The highest BCUT2D eigenvalue weighted by molar-refractivity contribution is 5.77. The predicted molar refractivity (Wildman–Crippen MR) is 69.2 cm³/mol. The molecule has 0 aliphatic carbocycles. The van der Waals surface area contributed by atoms with E-state index < -0.39 is 0 Å². The second kappa shape index (κ2) is 5.67. The predicted octanol–water partition coefficient (Wildman–Crippen LogP) is 2.44. The quantitative estimate of drug-likeness (QED) is 0.759. The number of nitrogens with one attached hydrogen (secondary N) is 1. The third kappa shape index (κ3) is 4.97. The Labute approximate surface area is 100 Å². The zero-order valence-corrected chi connectivity index (χ0v) is 11.7. The molecule has 0 fully saturated rings. The maximum atomic E-state index is 11.8. The third-order valence-electron chi connectivity index (χ3n) is 3.52. The first kappa shape index (κ1) is 15.4. The van der Waals surface area contributed by atoms with Crippen LogP contribution in [0.1, 0.15) is 60.8 Å². The Balaban J connectivity index is 4.29. The van der Waals surface area contributed by atoms with Gasteiger partial charge in [0, 0.05) is 18.0 Å². The van der Waals surface area contributed by atoms with Crippen LogP contribution in [0.15, 0.2) is 0 Å². The molecule has 0 heterocycles. The monoisotopic (exact) mass is 228 g/mol. The lowest BCUT2D eigenvalue weighted by atomic mass is 9.85. The maximum absolute atomic E-state index is 11.8. The van der Waals surface area contributed by atoms with Crippen LogP contribution in [0.25, 0.3) is 0 Å². The molecule has 1 unspecified atom stereocenters. The van der Waals surface area contributed by atoms with Crippen molar-refractivity contribution in [3.05, 3.63) is 0 Å². The SMILES string of the molecule is CCC(C)(CC)NC(=O)CC(N)C(C)(C)C. The van der Waals surface area contributed by atoms with E-state index in [0.717, 1.165) is 12.8 Å². The van der Waals surface area contributed by atoms with Gasteiger partial charge in [0.2, 0.25) is 5.91 Å². The number of hydrogen-bond acceptors (Lipinski definition) is 2. The van der Waals surface area contributed by atoms with Crippen molar-refractivity contribution >= 4 is 5.91 Å². The van der Waals surface area contributed by atoms with Crippen LogP contribution >= 0.6 is 0 Å². The highest BCUT2D eigenvalue weighted by atomic mass is 16.1. The van der Waals surface area contributed by atoms with Gasteiger partial charge in [0.15, 0.2) is 0 Å². The molecular weight excluding hydrogens is 200 g/mol. The van der Waals surface area contributed by atoms with Gasteiger partial charge in [0.25, 0.3) is 0 Å². The fraction of sp³-hybridized carbons (Fsp3) is 0.923. The van der Waals surface area contributed by atoms with Crippen molar-refractivity contribution in [2.75, 3.05) is 0 Å². The van der Waals surface area contributed by atoms with Crippen LogP contribution in [0.3, 0.4) is 0 Å². The lowest BCUT2D eigenvalue weighted by Gasteiger charge is -2.31. The second-order valence-electron chi connectivity index (χ2n) is 5.99. The van der Waals surface area contributed by atoms with Crippen molar-refractivity contribution in [2.24, 2.45) is 11.1 Å². The first-order valence-electron chi connectivity index (χ1n) is 6.21. The third-order valence-corrected chi connectivity index (χ3v) is 3.52. The van der Waals surface area contributed by atoms with Crippen molar-refractivity contribution in [3.8, 4) is 0 Å². The standard InChI is InChI=1S/C13H28N2O/c1-7-13(6,8-2)15-11(16)9-10(14)12(3,4)5/h10H,7-9,14H2,1-6H3,(H,15,16). The molecule has 0 aliphatic heterocycles. The minimum atomic E-state index is -0.0922. The summed E-state index contributed by atoms with van der Waals surface area (Å²) in [5, 5.41) is 3.08. The van der Waals surface area contributed by atoms with E-state index >= 15 is 0 Å². The molecule has 96 valence electrons. The highest BCUT2D eigenvalue weighted by Gasteiger charge is 2.26. The van der Waals surface area contributed by atoms with Crippen LogP contribution < -0.4 is 11.1 Å². The summed E-state index contributed by atoms with van der Waals surface area (Å²) in [5.74, 6) is 0.0635. The first-order valence-corrected chi connectivity index (χ1v) is 6.21. The molecule has 0 spiro atoms. The molecule has 0 saturated heterocycles. The van der Waals surface area contributed by atoms with Crippen LogP contribution in [0.2, 0.25) is 0 Å². The smallest absolute Gasteiger partial charge is 0.221 e. The Hall–Kier alpha value is -0.570. The van der Waals surface area contributed by atoms with Gasteiger partial charge in [-0.05, 0) is 25.2 Å². The summed E-state index contributed by atoms with van der Waals surface area (Å²) >= 11 is 0. The van der Waals surface area contributed by atoms with Gasteiger partial charge in [-0.1, -0.05) is 34.6 Å². The van der Waals surface area contributed by atoms with Crippen molar-refractivity contribution in [3.63, 3.8) is 0 Å².